The SMILES string of the molecule is O=[N+]([O-])c1cc(S(=O)(=O)NCC2CC=CCC2)ccc1O. The van der Waals surface area contributed by atoms with Gasteiger partial charge in [-0.25, -0.2) is 13.1 Å². The van der Waals surface area contributed by atoms with Crippen molar-refractivity contribution >= 4 is 15.7 Å². The molecule has 8 heteroatoms. The summed E-state index contributed by atoms with van der Waals surface area (Å²) in [5.41, 5.74) is -0.626. The van der Waals surface area contributed by atoms with Gasteiger partial charge in [0.05, 0.1) is 9.82 Å². The van der Waals surface area contributed by atoms with Crippen molar-refractivity contribution in [2.45, 2.75) is 24.2 Å². The Morgan fingerprint density at radius 1 is 1.38 bits per heavy atom. The lowest BCUT2D eigenvalue weighted by atomic mass is 9.95. The Bertz CT molecular complexity index is 669. The van der Waals surface area contributed by atoms with Crippen molar-refractivity contribution in [2.24, 2.45) is 5.92 Å². The van der Waals surface area contributed by atoms with Gasteiger partial charge in [-0.2, -0.15) is 0 Å². The summed E-state index contributed by atoms with van der Waals surface area (Å²) in [6, 6.07) is 3.01. The summed E-state index contributed by atoms with van der Waals surface area (Å²) in [5.74, 6) is -0.326. The molecule has 0 fully saturated rings. The van der Waals surface area contributed by atoms with E-state index in [0.717, 1.165) is 37.5 Å². The summed E-state index contributed by atoms with van der Waals surface area (Å²) in [4.78, 5) is 9.69. The number of nitrogens with zero attached hydrogens (tertiary/aromatic N) is 1. The van der Waals surface area contributed by atoms with Gasteiger partial charge in [-0.15, -0.1) is 0 Å². The van der Waals surface area contributed by atoms with Crippen molar-refractivity contribution in [1.29, 1.82) is 0 Å². The van der Waals surface area contributed by atoms with Gasteiger partial charge in [0.2, 0.25) is 10.0 Å². The van der Waals surface area contributed by atoms with Crippen LogP contribution in [0.2, 0.25) is 0 Å². The minimum absolute atomic E-state index is 0.224. The highest BCUT2D eigenvalue weighted by atomic mass is 32.2. The molecule has 7 nitrogen and oxygen atoms in total. The Balaban J connectivity index is 2.13. The van der Waals surface area contributed by atoms with Gasteiger partial charge >= 0.3 is 5.69 Å². The molecule has 0 amide bonds. The van der Waals surface area contributed by atoms with Gasteiger partial charge in [-0.05, 0) is 37.3 Å². The van der Waals surface area contributed by atoms with Crippen molar-refractivity contribution < 1.29 is 18.4 Å². The van der Waals surface area contributed by atoms with Gasteiger partial charge in [0.1, 0.15) is 0 Å². The first-order chi connectivity index (χ1) is 9.90. The van der Waals surface area contributed by atoms with E-state index in [0.29, 0.717) is 6.54 Å². The van der Waals surface area contributed by atoms with Crippen molar-refractivity contribution in [3.63, 3.8) is 0 Å². The molecule has 1 aliphatic rings. The molecule has 1 aliphatic carbocycles. The van der Waals surface area contributed by atoms with Crippen molar-refractivity contribution in [2.75, 3.05) is 6.54 Å². The minimum Gasteiger partial charge on any atom is -0.502 e. The van der Waals surface area contributed by atoms with Crippen LogP contribution < -0.4 is 4.72 Å². The summed E-state index contributed by atoms with van der Waals surface area (Å²) in [7, 11) is -3.82. The molecule has 1 aromatic carbocycles. The predicted molar refractivity (Wildman–Crippen MR) is 76.4 cm³/mol. The van der Waals surface area contributed by atoms with Crippen LogP contribution in [0.15, 0.2) is 35.2 Å². The number of nitro benzene ring substituents is 1. The fraction of sp³-hybridized carbons (Fsp3) is 0.385. The van der Waals surface area contributed by atoms with Gasteiger partial charge in [0.25, 0.3) is 0 Å². The van der Waals surface area contributed by atoms with E-state index >= 15 is 0 Å². The van der Waals surface area contributed by atoms with Crippen LogP contribution in [0.5, 0.6) is 5.75 Å². The third kappa shape index (κ3) is 3.79. The van der Waals surface area contributed by atoms with Crippen molar-refractivity contribution in [3.8, 4) is 5.75 Å². The van der Waals surface area contributed by atoms with E-state index in [4.69, 9.17) is 0 Å². The van der Waals surface area contributed by atoms with E-state index in [1.807, 2.05) is 6.08 Å². The molecule has 0 saturated heterocycles. The third-order valence-electron chi connectivity index (χ3n) is 3.39. The maximum absolute atomic E-state index is 12.1. The molecule has 0 aromatic heterocycles. The molecule has 2 N–H and O–H groups in total. The zero-order chi connectivity index (χ0) is 15.5. The summed E-state index contributed by atoms with van der Waals surface area (Å²) in [6.45, 7) is 0.293. The largest absolute Gasteiger partial charge is 0.502 e. The average Bonchev–Trinajstić information content (AvgIpc) is 2.46. The lowest BCUT2D eigenvalue weighted by Crippen LogP contribution is -2.29. The van der Waals surface area contributed by atoms with E-state index in [1.165, 1.54) is 0 Å². The van der Waals surface area contributed by atoms with Crippen LogP contribution in [-0.2, 0) is 10.0 Å². The number of aromatic hydroxyl groups is 1. The Morgan fingerprint density at radius 2 is 2.14 bits per heavy atom. The number of hydrogen-bond acceptors (Lipinski definition) is 5. The Hall–Kier alpha value is -1.93. The van der Waals surface area contributed by atoms with Gasteiger partial charge in [0, 0.05) is 12.6 Å². The Labute approximate surface area is 122 Å². The number of nitro groups is 1. The molecule has 21 heavy (non-hydrogen) atoms. The standard InChI is InChI=1S/C13H16N2O5S/c16-13-7-6-11(8-12(13)15(17)18)21(19,20)14-9-10-4-2-1-3-5-10/h1-2,6-8,10,14,16H,3-5,9H2. The minimum atomic E-state index is -3.82. The number of hydrogen-bond donors (Lipinski definition) is 2. The number of phenols is 1. The van der Waals surface area contributed by atoms with E-state index in [9.17, 15) is 23.6 Å². The lowest BCUT2D eigenvalue weighted by Gasteiger charge is -2.18. The lowest BCUT2D eigenvalue weighted by molar-refractivity contribution is -0.386. The van der Waals surface area contributed by atoms with Gasteiger partial charge in [-0.1, -0.05) is 12.2 Å². The monoisotopic (exact) mass is 312 g/mol. The first kappa shape index (κ1) is 15.5. The highest BCUT2D eigenvalue weighted by Gasteiger charge is 2.22. The topological polar surface area (TPSA) is 110 Å². The molecule has 1 unspecified atom stereocenters. The second kappa shape index (κ2) is 6.23. The van der Waals surface area contributed by atoms with Crippen molar-refractivity contribution in [1.82, 2.24) is 4.72 Å². The summed E-state index contributed by atoms with van der Waals surface area (Å²) in [6.07, 6.45) is 6.74. The van der Waals surface area contributed by atoms with Crippen LogP contribution in [0.1, 0.15) is 19.3 Å². The molecule has 1 atom stereocenters. The Morgan fingerprint density at radius 3 is 2.76 bits per heavy atom. The first-order valence-electron chi connectivity index (χ1n) is 6.52. The molecule has 2 rings (SSSR count). The van der Waals surface area contributed by atoms with Crippen LogP contribution in [0, 0.1) is 16.0 Å². The molecule has 0 spiro atoms. The molecule has 0 bridgehead atoms. The van der Waals surface area contributed by atoms with E-state index < -0.39 is 26.4 Å². The third-order valence-corrected chi connectivity index (χ3v) is 4.81. The highest BCUT2D eigenvalue weighted by molar-refractivity contribution is 7.89. The zero-order valence-electron chi connectivity index (χ0n) is 11.2. The van der Waals surface area contributed by atoms with Crippen molar-refractivity contribution in [3.05, 3.63) is 40.5 Å². The average molecular weight is 312 g/mol. The molecule has 1 aromatic rings. The molecule has 0 aliphatic heterocycles. The van der Waals surface area contributed by atoms with E-state index in [1.54, 1.807) is 0 Å². The second-order valence-electron chi connectivity index (χ2n) is 4.91. The second-order valence-corrected chi connectivity index (χ2v) is 6.68. The molecule has 0 radical (unpaired) electrons. The zero-order valence-corrected chi connectivity index (χ0v) is 12.0. The van der Waals surface area contributed by atoms with Gasteiger partial charge < -0.3 is 5.11 Å². The number of rotatable bonds is 5. The Kier molecular flexibility index (Phi) is 4.59. The predicted octanol–water partition coefficient (Wildman–Crippen LogP) is 1.94. The number of benzene rings is 1. The van der Waals surface area contributed by atoms with Crippen LogP contribution in [0.25, 0.3) is 0 Å². The number of allylic oxidation sites excluding steroid dienone is 2. The molecular weight excluding hydrogens is 296 g/mol. The van der Waals surface area contributed by atoms with E-state index in [-0.39, 0.29) is 10.8 Å². The molecule has 114 valence electrons. The van der Waals surface area contributed by atoms with Gasteiger partial charge in [0.15, 0.2) is 5.75 Å². The van der Waals surface area contributed by atoms with E-state index in [2.05, 4.69) is 10.8 Å². The maximum Gasteiger partial charge on any atom is 0.312 e. The fourth-order valence-corrected chi connectivity index (χ4v) is 3.30. The smallest absolute Gasteiger partial charge is 0.312 e. The van der Waals surface area contributed by atoms with Crippen LogP contribution >= 0.6 is 0 Å². The highest BCUT2D eigenvalue weighted by Crippen LogP contribution is 2.28. The maximum atomic E-state index is 12.1. The molecular formula is C13H16N2O5S. The molecule has 0 heterocycles. The van der Waals surface area contributed by atoms with Crippen LogP contribution in [0.4, 0.5) is 5.69 Å². The van der Waals surface area contributed by atoms with Gasteiger partial charge in [-0.3, -0.25) is 10.1 Å². The normalized spacial score (nSPS) is 18.6. The summed E-state index contributed by atoms with van der Waals surface area (Å²) >= 11 is 0. The first-order valence-corrected chi connectivity index (χ1v) is 8.00. The molecule has 0 saturated carbocycles. The number of phenolic OH excluding ortho intramolecular Hbond substituents is 1. The quantitative estimate of drug-likeness (QED) is 0.490. The number of nitrogens with one attached hydrogen (secondary N) is 1. The van der Waals surface area contributed by atoms with Crippen LogP contribution in [-0.4, -0.2) is 25.0 Å². The van der Waals surface area contributed by atoms with Crippen LogP contribution in [0.3, 0.4) is 0 Å². The summed E-state index contributed by atoms with van der Waals surface area (Å²) in [5, 5.41) is 20.1. The number of sulfonamides is 1. The fourth-order valence-electron chi connectivity index (χ4n) is 2.17. The summed E-state index contributed by atoms with van der Waals surface area (Å²) < 4.78 is 26.7.